The molecule has 1 aromatic heterocycles. The molecule has 108 valence electrons. The molecule has 1 atom stereocenters. The normalized spacial score (nSPS) is 12.9. The van der Waals surface area contributed by atoms with Crippen LogP contribution in [-0.2, 0) is 6.42 Å². The molecular weight excluding hydrogens is 286 g/mol. The summed E-state index contributed by atoms with van der Waals surface area (Å²) < 4.78 is 28.9. The van der Waals surface area contributed by atoms with Crippen LogP contribution in [0.3, 0.4) is 0 Å². The maximum atomic E-state index is 13.8. The lowest BCUT2D eigenvalue weighted by Gasteiger charge is -2.15. The third-order valence-electron chi connectivity index (χ3n) is 2.98. The number of rotatable bonds is 4. The first-order chi connectivity index (χ1) is 9.40. The number of halogens is 3. The van der Waals surface area contributed by atoms with Crippen LogP contribution in [0.25, 0.3) is 0 Å². The van der Waals surface area contributed by atoms with E-state index in [0.717, 1.165) is 12.1 Å². The van der Waals surface area contributed by atoms with Gasteiger partial charge in [0, 0.05) is 24.1 Å². The third kappa shape index (κ3) is 2.96. The molecular formula is C13H15ClF2N4. The molecule has 2 rings (SSSR count). The van der Waals surface area contributed by atoms with Crippen LogP contribution in [0.2, 0.25) is 5.02 Å². The first kappa shape index (κ1) is 14.9. The van der Waals surface area contributed by atoms with Crippen LogP contribution in [-0.4, -0.2) is 14.8 Å². The molecule has 1 unspecified atom stereocenters. The highest BCUT2D eigenvalue weighted by molar-refractivity contribution is 6.30. The number of benzene rings is 1. The van der Waals surface area contributed by atoms with Crippen molar-refractivity contribution in [2.75, 3.05) is 0 Å². The quantitative estimate of drug-likeness (QED) is 0.883. The number of nitrogens with zero attached hydrogens (tertiary/aromatic N) is 3. The molecule has 0 radical (unpaired) electrons. The summed E-state index contributed by atoms with van der Waals surface area (Å²) in [5.41, 5.74) is 6.02. The van der Waals surface area contributed by atoms with E-state index in [0.29, 0.717) is 5.82 Å². The first-order valence-electron chi connectivity index (χ1n) is 6.18. The van der Waals surface area contributed by atoms with E-state index in [2.05, 4.69) is 10.1 Å². The standard InChI is InChI=1S/C13H15ClF2N4/c1-7(2)20-13(18-6-19-20)5-12(17)8-3-11(16)9(14)4-10(8)15/h3-4,6-7,12H,5,17H2,1-2H3. The van der Waals surface area contributed by atoms with Crippen LogP contribution in [0, 0.1) is 11.6 Å². The van der Waals surface area contributed by atoms with E-state index in [9.17, 15) is 8.78 Å². The molecule has 0 saturated heterocycles. The van der Waals surface area contributed by atoms with Gasteiger partial charge in [-0.1, -0.05) is 11.6 Å². The minimum Gasteiger partial charge on any atom is -0.323 e. The van der Waals surface area contributed by atoms with E-state index >= 15 is 0 Å². The van der Waals surface area contributed by atoms with Crippen molar-refractivity contribution in [3.63, 3.8) is 0 Å². The van der Waals surface area contributed by atoms with Crippen LogP contribution < -0.4 is 5.73 Å². The molecule has 0 aliphatic rings. The lowest BCUT2D eigenvalue weighted by atomic mass is 10.0. The van der Waals surface area contributed by atoms with Gasteiger partial charge in [0.05, 0.1) is 5.02 Å². The average Bonchev–Trinajstić information content (AvgIpc) is 2.81. The molecule has 2 aromatic rings. The Balaban J connectivity index is 2.26. The molecule has 7 heteroatoms. The van der Waals surface area contributed by atoms with Crippen molar-refractivity contribution in [2.24, 2.45) is 5.73 Å². The lowest BCUT2D eigenvalue weighted by Crippen LogP contribution is -2.19. The van der Waals surface area contributed by atoms with Gasteiger partial charge in [-0.15, -0.1) is 0 Å². The molecule has 2 N–H and O–H groups in total. The van der Waals surface area contributed by atoms with Crippen LogP contribution >= 0.6 is 11.6 Å². The highest BCUT2D eigenvalue weighted by atomic mass is 35.5. The van der Waals surface area contributed by atoms with E-state index < -0.39 is 17.7 Å². The molecule has 0 spiro atoms. The SMILES string of the molecule is CC(C)n1ncnc1CC(N)c1cc(F)c(Cl)cc1F. The molecule has 4 nitrogen and oxygen atoms in total. The van der Waals surface area contributed by atoms with Crippen LogP contribution in [0.5, 0.6) is 0 Å². The van der Waals surface area contributed by atoms with Gasteiger partial charge in [-0.25, -0.2) is 18.4 Å². The topological polar surface area (TPSA) is 56.7 Å². The Bertz CT molecular complexity index is 612. The fraction of sp³-hybridized carbons (Fsp3) is 0.385. The van der Waals surface area contributed by atoms with Crippen molar-refractivity contribution in [3.05, 3.63) is 46.5 Å². The van der Waals surface area contributed by atoms with Crippen molar-refractivity contribution >= 4 is 11.6 Å². The van der Waals surface area contributed by atoms with Gasteiger partial charge < -0.3 is 5.73 Å². The van der Waals surface area contributed by atoms with Crippen LogP contribution in [0.4, 0.5) is 8.78 Å². The molecule has 0 aliphatic carbocycles. The Kier molecular flexibility index (Phi) is 4.35. The van der Waals surface area contributed by atoms with Crippen molar-refractivity contribution in [3.8, 4) is 0 Å². The second-order valence-corrected chi connectivity index (χ2v) is 5.22. The molecule has 1 heterocycles. The molecule has 0 aliphatic heterocycles. The largest absolute Gasteiger partial charge is 0.323 e. The van der Waals surface area contributed by atoms with E-state index in [1.165, 1.54) is 6.33 Å². The predicted molar refractivity (Wildman–Crippen MR) is 72.4 cm³/mol. The van der Waals surface area contributed by atoms with E-state index in [-0.39, 0.29) is 23.0 Å². The third-order valence-corrected chi connectivity index (χ3v) is 3.27. The van der Waals surface area contributed by atoms with Gasteiger partial charge >= 0.3 is 0 Å². The summed E-state index contributed by atoms with van der Waals surface area (Å²) >= 11 is 5.52. The summed E-state index contributed by atoms with van der Waals surface area (Å²) in [6, 6.07) is 1.35. The van der Waals surface area contributed by atoms with Gasteiger partial charge in [0.15, 0.2) is 0 Å². The lowest BCUT2D eigenvalue weighted by molar-refractivity contribution is 0.487. The van der Waals surface area contributed by atoms with E-state index in [1.54, 1.807) is 4.68 Å². The van der Waals surface area contributed by atoms with Crippen molar-refractivity contribution in [1.29, 1.82) is 0 Å². The van der Waals surface area contributed by atoms with Gasteiger partial charge in [-0.3, -0.25) is 0 Å². The number of hydrogen-bond donors (Lipinski definition) is 1. The van der Waals surface area contributed by atoms with Gasteiger partial charge in [0.25, 0.3) is 0 Å². The average molecular weight is 301 g/mol. The fourth-order valence-corrected chi connectivity index (χ4v) is 2.13. The Morgan fingerprint density at radius 1 is 1.30 bits per heavy atom. The Morgan fingerprint density at radius 3 is 2.65 bits per heavy atom. The summed E-state index contributed by atoms with van der Waals surface area (Å²) in [4.78, 5) is 4.10. The number of hydrogen-bond acceptors (Lipinski definition) is 3. The number of nitrogens with two attached hydrogens (primary N) is 1. The smallest absolute Gasteiger partial charge is 0.142 e. The molecule has 0 amide bonds. The van der Waals surface area contributed by atoms with Crippen LogP contribution in [0.1, 0.15) is 37.3 Å². The van der Waals surface area contributed by atoms with E-state index in [1.807, 2.05) is 13.8 Å². The minimum atomic E-state index is -0.719. The van der Waals surface area contributed by atoms with Gasteiger partial charge in [-0.2, -0.15) is 5.10 Å². The Morgan fingerprint density at radius 2 is 2.00 bits per heavy atom. The summed E-state index contributed by atoms with van der Waals surface area (Å²) in [6.07, 6.45) is 1.68. The summed E-state index contributed by atoms with van der Waals surface area (Å²) in [7, 11) is 0. The first-order valence-corrected chi connectivity index (χ1v) is 6.56. The summed E-state index contributed by atoms with van der Waals surface area (Å²) in [5, 5.41) is 3.82. The van der Waals surface area contributed by atoms with Gasteiger partial charge in [0.1, 0.15) is 23.8 Å². The van der Waals surface area contributed by atoms with Crippen molar-refractivity contribution < 1.29 is 8.78 Å². The van der Waals surface area contributed by atoms with Crippen LogP contribution in [0.15, 0.2) is 18.5 Å². The Labute approximate surface area is 120 Å². The zero-order chi connectivity index (χ0) is 14.9. The van der Waals surface area contributed by atoms with E-state index in [4.69, 9.17) is 17.3 Å². The summed E-state index contributed by atoms with van der Waals surface area (Å²) in [6.45, 7) is 3.90. The summed E-state index contributed by atoms with van der Waals surface area (Å²) in [5.74, 6) is -0.689. The zero-order valence-electron chi connectivity index (χ0n) is 11.1. The second-order valence-electron chi connectivity index (χ2n) is 4.81. The molecule has 0 fully saturated rings. The minimum absolute atomic E-state index is 0.0743. The molecule has 20 heavy (non-hydrogen) atoms. The Hall–Kier alpha value is -1.53. The monoisotopic (exact) mass is 300 g/mol. The highest BCUT2D eigenvalue weighted by Gasteiger charge is 2.18. The highest BCUT2D eigenvalue weighted by Crippen LogP contribution is 2.24. The van der Waals surface area contributed by atoms with Gasteiger partial charge in [0.2, 0.25) is 0 Å². The molecule has 0 bridgehead atoms. The molecule has 0 saturated carbocycles. The number of aromatic nitrogens is 3. The molecule has 1 aromatic carbocycles. The van der Waals surface area contributed by atoms with Crippen molar-refractivity contribution in [2.45, 2.75) is 32.4 Å². The maximum Gasteiger partial charge on any atom is 0.142 e. The fourth-order valence-electron chi connectivity index (χ4n) is 1.98. The second kappa shape index (κ2) is 5.85. The van der Waals surface area contributed by atoms with Crippen molar-refractivity contribution in [1.82, 2.24) is 14.8 Å². The van der Waals surface area contributed by atoms with Gasteiger partial charge in [-0.05, 0) is 26.0 Å². The predicted octanol–water partition coefficient (Wildman–Crippen LogP) is 3.03. The maximum absolute atomic E-state index is 13.8. The zero-order valence-corrected chi connectivity index (χ0v) is 11.9.